The molecule has 0 unspecified atom stereocenters. The van der Waals surface area contributed by atoms with Crippen molar-refractivity contribution in [2.45, 2.75) is 4.90 Å². The Morgan fingerprint density at radius 3 is 2.87 bits per heavy atom. The SMILES string of the molecule is COc1cc(N)c(SCCCl)cc1-n1ncc2cnc(Cl)cc21. The highest BCUT2D eigenvalue weighted by Crippen LogP contribution is 2.35. The number of benzene rings is 1. The smallest absolute Gasteiger partial charge is 0.146 e. The van der Waals surface area contributed by atoms with E-state index in [0.29, 0.717) is 22.5 Å². The van der Waals surface area contributed by atoms with Crippen LogP contribution in [0.15, 0.2) is 35.5 Å². The van der Waals surface area contributed by atoms with Crippen LogP contribution in [0.4, 0.5) is 5.69 Å². The molecule has 2 heterocycles. The Hall–Kier alpha value is -1.63. The van der Waals surface area contributed by atoms with Crippen molar-refractivity contribution < 1.29 is 4.74 Å². The van der Waals surface area contributed by atoms with Crippen molar-refractivity contribution >= 4 is 51.6 Å². The van der Waals surface area contributed by atoms with Gasteiger partial charge in [-0.1, -0.05) is 11.6 Å². The number of nitrogens with zero attached hydrogens (tertiary/aromatic N) is 3. The molecule has 120 valence electrons. The quantitative estimate of drug-likeness (QED) is 0.319. The first-order valence-corrected chi connectivity index (χ1v) is 8.69. The highest BCUT2D eigenvalue weighted by Gasteiger charge is 2.14. The second kappa shape index (κ2) is 6.86. The summed E-state index contributed by atoms with van der Waals surface area (Å²) in [4.78, 5) is 5.01. The third-order valence-corrected chi connectivity index (χ3v) is 4.99. The number of thioether (sulfide) groups is 1. The van der Waals surface area contributed by atoms with Crippen LogP contribution in [-0.4, -0.2) is 33.5 Å². The monoisotopic (exact) mass is 368 g/mol. The Morgan fingerprint density at radius 1 is 1.30 bits per heavy atom. The fraction of sp³-hybridized carbons (Fsp3) is 0.200. The molecule has 8 heteroatoms. The van der Waals surface area contributed by atoms with E-state index in [1.165, 1.54) is 0 Å². The minimum Gasteiger partial charge on any atom is -0.494 e. The van der Waals surface area contributed by atoms with Crippen LogP contribution in [0, 0.1) is 0 Å². The number of aromatic nitrogens is 3. The number of rotatable bonds is 5. The number of alkyl halides is 1. The van der Waals surface area contributed by atoms with Gasteiger partial charge in [-0.15, -0.1) is 23.4 Å². The van der Waals surface area contributed by atoms with E-state index in [9.17, 15) is 0 Å². The van der Waals surface area contributed by atoms with Crippen LogP contribution in [0.3, 0.4) is 0 Å². The molecule has 1 aromatic carbocycles. The van der Waals surface area contributed by atoms with Gasteiger partial charge in [0.1, 0.15) is 16.6 Å². The topological polar surface area (TPSA) is 66.0 Å². The van der Waals surface area contributed by atoms with Gasteiger partial charge >= 0.3 is 0 Å². The van der Waals surface area contributed by atoms with Crippen LogP contribution >= 0.6 is 35.0 Å². The Labute approximate surface area is 147 Å². The van der Waals surface area contributed by atoms with Crippen LogP contribution in [0.1, 0.15) is 0 Å². The van der Waals surface area contributed by atoms with E-state index in [2.05, 4.69) is 10.1 Å². The highest BCUT2D eigenvalue weighted by molar-refractivity contribution is 7.99. The number of pyridine rings is 1. The first kappa shape index (κ1) is 16.2. The lowest BCUT2D eigenvalue weighted by Gasteiger charge is -2.14. The zero-order chi connectivity index (χ0) is 16.4. The summed E-state index contributed by atoms with van der Waals surface area (Å²) in [5.41, 5.74) is 8.38. The lowest BCUT2D eigenvalue weighted by molar-refractivity contribution is 0.412. The standard InChI is InChI=1S/C15H14Cl2N4OS/c1-22-13-4-10(18)14(23-3-2-16)5-12(13)21-11-6-15(17)19-7-9(11)8-20-21/h4-8H,2-3,18H2,1H3. The van der Waals surface area contributed by atoms with Gasteiger partial charge in [0.25, 0.3) is 0 Å². The number of nitrogen functional groups attached to an aromatic ring is 1. The van der Waals surface area contributed by atoms with Gasteiger partial charge in [-0.3, -0.25) is 0 Å². The lowest BCUT2D eigenvalue weighted by atomic mass is 10.2. The summed E-state index contributed by atoms with van der Waals surface area (Å²) in [6, 6.07) is 5.51. The summed E-state index contributed by atoms with van der Waals surface area (Å²) < 4.78 is 7.23. The summed E-state index contributed by atoms with van der Waals surface area (Å²) in [6.07, 6.45) is 3.42. The Morgan fingerprint density at radius 2 is 2.13 bits per heavy atom. The Balaban J connectivity index is 2.18. The maximum Gasteiger partial charge on any atom is 0.146 e. The van der Waals surface area contributed by atoms with Gasteiger partial charge in [0.05, 0.1) is 18.8 Å². The number of anilines is 1. The van der Waals surface area contributed by atoms with E-state index >= 15 is 0 Å². The summed E-state index contributed by atoms with van der Waals surface area (Å²) in [5, 5.41) is 5.73. The first-order chi connectivity index (χ1) is 11.1. The average molecular weight is 369 g/mol. The molecule has 0 aliphatic heterocycles. The molecule has 3 rings (SSSR count). The zero-order valence-electron chi connectivity index (χ0n) is 12.3. The third kappa shape index (κ3) is 3.20. The molecule has 23 heavy (non-hydrogen) atoms. The second-order valence-electron chi connectivity index (χ2n) is 4.72. The molecule has 5 nitrogen and oxygen atoms in total. The summed E-state index contributed by atoms with van der Waals surface area (Å²) in [7, 11) is 1.60. The normalized spacial score (nSPS) is 11.1. The minimum atomic E-state index is 0.408. The molecule has 0 atom stereocenters. The van der Waals surface area contributed by atoms with Crippen molar-refractivity contribution in [2.24, 2.45) is 0 Å². The van der Waals surface area contributed by atoms with Gasteiger partial charge in [-0.05, 0) is 6.07 Å². The fourth-order valence-corrected chi connectivity index (χ4v) is 3.36. The van der Waals surface area contributed by atoms with Gasteiger partial charge < -0.3 is 10.5 Å². The largest absolute Gasteiger partial charge is 0.494 e. The van der Waals surface area contributed by atoms with Gasteiger partial charge in [0.15, 0.2) is 0 Å². The summed E-state index contributed by atoms with van der Waals surface area (Å²) in [6.45, 7) is 0. The van der Waals surface area contributed by atoms with Crippen LogP contribution < -0.4 is 10.5 Å². The van der Waals surface area contributed by atoms with Gasteiger partial charge in [0.2, 0.25) is 0 Å². The first-order valence-electron chi connectivity index (χ1n) is 6.80. The average Bonchev–Trinajstić information content (AvgIpc) is 2.96. The van der Waals surface area contributed by atoms with Gasteiger partial charge in [0, 0.05) is 45.9 Å². The molecule has 0 amide bonds. The molecule has 0 bridgehead atoms. The predicted molar refractivity (Wildman–Crippen MR) is 96.3 cm³/mol. The number of methoxy groups -OCH3 is 1. The molecule has 2 aromatic heterocycles. The molecule has 0 aliphatic rings. The number of hydrogen-bond donors (Lipinski definition) is 1. The number of nitrogens with two attached hydrogens (primary N) is 1. The number of fused-ring (bicyclic) bond motifs is 1. The lowest BCUT2D eigenvalue weighted by Crippen LogP contribution is -2.02. The third-order valence-electron chi connectivity index (χ3n) is 3.29. The molecule has 0 saturated heterocycles. The number of hydrogen-bond acceptors (Lipinski definition) is 5. The van der Waals surface area contributed by atoms with Crippen LogP contribution in [0.2, 0.25) is 5.15 Å². The fourth-order valence-electron chi connectivity index (χ4n) is 2.26. The van der Waals surface area contributed by atoms with E-state index in [0.717, 1.165) is 27.2 Å². The van der Waals surface area contributed by atoms with Gasteiger partial charge in [-0.2, -0.15) is 5.10 Å². The molecule has 0 saturated carbocycles. The zero-order valence-corrected chi connectivity index (χ0v) is 14.6. The second-order valence-corrected chi connectivity index (χ2v) is 6.62. The highest BCUT2D eigenvalue weighted by atomic mass is 35.5. The maximum atomic E-state index is 6.09. The molecule has 0 spiro atoms. The van der Waals surface area contributed by atoms with E-state index in [4.69, 9.17) is 33.7 Å². The number of ether oxygens (including phenoxy) is 1. The van der Waals surface area contributed by atoms with E-state index < -0.39 is 0 Å². The molecule has 0 aliphatic carbocycles. The van der Waals surface area contributed by atoms with Crippen molar-refractivity contribution in [1.82, 2.24) is 14.8 Å². The molecule has 2 N–H and O–H groups in total. The van der Waals surface area contributed by atoms with E-state index in [-0.39, 0.29) is 0 Å². The molecule has 3 aromatic rings. The van der Waals surface area contributed by atoms with E-state index in [1.54, 1.807) is 48.1 Å². The van der Waals surface area contributed by atoms with Crippen LogP contribution in [-0.2, 0) is 0 Å². The Bertz CT molecular complexity index is 853. The summed E-state index contributed by atoms with van der Waals surface area (Å²) >= 11 is 13.4. The molecule has 0 fully saturated rings. The van der Waals surface area contributed by atoms with Crippen molar-refractivity contribution in [3.8, 4) is 11.4 Å². The summed E-state index contributed by atoms with van der Waals surface area (Å²) in [5.74, 6) is 1.96. The Kier molecular flexibility index (Phi) is 4.84. The minimum absolute atomic E-state index is 0.408. The van der Waals surface area contributed by atoms with Crippen molar-refractivity contribution in [3.63, 3.8) is 0 Å². The molecular weight excluding hydrogens is 355 g/mol. The van der Waals surface area contributed by atoms with Crippen LogP contribution in [0.25, 0.3) is 16.6 Å². The molecular formula is C15H14Cl2N4OS. The maximum absolute atomic E-state index is 6.09. The van der Waals surface area contributed by atoms with E-state index in [1.807, 2.05) is 6.07 Å². The van der Waals surface area contributed by atoms with Crippen LogP contribution in [0.5, 0.6) is 5.75 Å². The number of halogens is 2. The predicted octanol–water partition coefficient (Wildman–Crippen LogP) is 4.00. The molecule has 0 radical (unpaired) electrons. The van der Waals surface area contributed by atoms with Crippen molar-refractivity contribution in [2.75, 3.05) is 24.5 Å². The van der Waals surface area contributed by atoms with Crippen molar-refractivity contribution in [3.05, 3.63) is 35.7 Å². The van der Waals surface area contributed by atoms with Gasteiger partial charge in [-0.25, -0.2) is 9.67 Å². The van der Waals surface area contributed by atoms with Crippen molar-refractivity contribution in [1.29, 1.82) is 0 Å².